The lowest BCUT2D eigenvalue weighted by atomic mass is 9.90. The van der Waals surface area contributed by atoms with E-state index in [-0.39, 0.29) is 0 Å². The van der Waals surface area contributed by atoms with Crippen molar-refractivity contribution < 1.29 is 0 Å². The van der Waals surface area contributed by atoms with E-state index in [1.165, 1.54) is 77.2 Å². The number of rotatable bonds is 5. The van der Waals surface area contributed by atoms with Crippen LogP contribution < -0.4 is 0 Å². The fourth-order valence-corrected chi connectivity index (χ4v) is 6.56. The second kappa shape index (κ2) is 11.2. The largest absolute Gasteiger partial charge is 0.0622 e. The zero-order chi connectivity index (χ0) is 29.3. The molecule has 0 aliphatic heterocycles. The Morgan fingerprint density at radius 1 is 0.182 bits per heavy atom. The highest BCUT2D eigenvalue weighted by atomic mass is 14.2. The van der Waals surface area contributed by atoms with Gasteiger partial charge in [0.05, 0.1) is 0 Å². The lowest BCUT2D eigenvalue weighted by Gasteiger charge is -2.14. The highest BCUT2D eigenvalue weighted by Gasteiger charge is 2.12. The van der Waals surface area contributed by atoms with E-state index < -0.39 is 0 Å². The molecule has 0 bridgehead atoms. The van der Waals surface area contributed by atoms with Crippen LogP contribution in [0, 0.1) is 0 Å². The number of fused-ring (bicyclic) bond motifs is 2. The summed E-state index contributed by atoms with van der Waals surface area (Å²) in [5, 5.41) is 5.10. The molecule has 0 heteroatoms. The van der Waals surface area contributed by atoms with Crippen LogP contribution in [-0.2, 0) is 0 Å². The molecular formula is C44H30. The molecule has 0 atom stereocenters. The SMILES string of the molecule is c1ccc(-c2cccc3cccc(-c4ccc(-c5ccc(-c6cccc7cccc(-c8ccccc8)c67)cc5)cc4)c23)cc1. The second-order valence-corrected chi connectivity index (χ2v) is 11.3. The first-order valence-electron chi connectivity index (χ1n) is 15.2. The Balaban J connectivity index is 1.15. The molecule has 0 saturated carbocycles. The molecule has 206 valence electrons. The van der Waals surface area contributed by atoms with E-state index in [9.17, 15) is 0 Å². The van der Waals surface area contributed by atoms with E-state index >= 15 is 0 Å². The summed E-state index contributed by atoms with van der Waals surface area (Å²) in [4.78, 5) is 0. The van der Waals surface area contributed by atoms with Gasteiger partial charge in [-0.05, 0) is 77.2 Å². The molecule has 0 aliphatic carbocycles. The van der Waals surface area contributed by atoms with Crippen molar-refractivity contribution in [3.63, 3.8) is 0 Å². The minimum absolute atomic E-state index is 1.21. The molecule has 0 N–H and O–H groups in total. The minimum atomic E-state index is 1.21. The topological polar surface area (TPSA) is 0 Å². The summed E-state index contributed by atoms with van der Waals surface area (Å²) in [6, 6.07) is 65.8. The second-order valence-electron chi connectivity index (χ2n) is 11.3. The van der Waals surface area contributed by atoms with Crippen molar-refractivity contribution in [1.82, 2.24) is 0 Å². The first-order chi connectivity index (χ1) is 21.8. The van der Waals surface area contributed by atoms with Crippen molar-refractivity contribution in [2.45, 2.75) is 0 Å². The molecule has 0 aromatic heterocycles. The van der Waals surface area contributed by atoms with Crippen LogP contribution in [0.25, 0.3) is 77.2 Å². The maximum Gasteiger partial charge on any atom is -0.00268 e. The average Bonchev–Trinajstić information content (AvgIpc) is 3.11. The van der Waals surface area contributed by atoms with E-state index in [2.05, 4.69) is 182 Å². The van der Waals surface area contributed by atoms with Crippen LogP contribution in [0.3, 0.4) is 0 Å². The summed E-state index contributed by atoms with van der Waals surface area (Å²) in [5.74, 6) is 0. The van der Waals surface area contributed by atoms with Gasteiger partial charge < -0.3 is 0 Å². The quantitative estimate of drug-likeness (QED) is 0.197. The smallest absolute Gasteiger partial charge is 0.00268 e. The molecule has 8 rings (SSSR count). The molecule has 44 heavy (non-hydrogen) atoms. The predicted octanol–water partition coefficient (Wildman–Crippen LogP) is 12.3. The van der Waals surface area contributed by atoms with Crippen LogP contribution in [0.4, 0.5) is 0 Å². The molecule has 0 amide bonds. The van der Waals surface area contributed by atoms with Gasteiger partial charge in [-0.15, -0.1) is 0 Å². The molecule has 0 radical (unpaired) electrons. The third-order valence-corrected chi connectivity index (χ3v) is 8.70. The molecular weight excluding hydrogens is 528 g/mol. The maximum absolute atomic E-state index is 2.26. The van der Waals surface area contributed by atoms with E-state index in [1.54, 1.807) is 0 Å². The average molecular weight is 559 g/mol. The van der Waals surface area contributed by atoms with Gasteiger partial charge in [-0.2, -0.15) is 0 Å². The molecule has 0 aliphatic rings. The number of hydrogen-bond acceptors (Lipinski definition) is 0. The molecule has 8 aromatic carbocycles. The van der Waals surface area contributed by atoms with Crippen molar-refractivity contribution in [1.29, 1.82) is 0 Å². The molecule has 0 nitrogen and oxygen atoms in total. The van der Waals surface area contributed by atoms with Gasteiger partial charge >= 0.3 is 0 Å². The normalized spacial score (nSPS) is 11.2. The Bertz CT molecular complexity index is 2050. The molecule has 8 aromatic rings. The van der Waals surface area contributed by atoms with E-state index in [4.69, 9.17) is 0 Å². The van der Waals surface area contributed by atoms with Crippen LogP contribution in [0.1, 0.15) is 0 Å². The zero-order valence-corrected chi connectivity index (χ0v) is 24.3. The van der Waals surface area contributed by atoms with E-state index in [0.29, 0.717) is 0 Å². The van der Waals surface area contributed by atoms with E-state index in [0.717, 1.165) is 0 Å². The summed E-state index contributed by atoms with van der Waals surface area (Å²) < 4.78 is 0. The van der Waals surface area contributed by atoms with Crippen molar-refractivity contribution in [3.05, 3.63) is 182 Å². The molecule has 0 saturated heterocycles. The van der Waals surface area contributed by atoms with Crippen molar-refractivity contribution in [3.8, 4) is 55.6 Å². The van der Waals surface area contributed by atoms with Crippen molar-refractivity contribution in [2.24, 2.45) is 0 Å². The standard InChI is InChI=1S/C44H30/c1-3-11-33(12-4-1)39-19-7-15-37-17-9-21-41(43(37)39)35-27-23-31(24-28-35)32-25-29-36(30-26-32)42-22-10-18-38-16-8-20-40(44(38)42)34-13-5-2-6-14-34/h1-30H. The molecule has 0 unspecified atom stereocenters. The number of hydrogen-bond donors (Lipinski definition) is 0. The lowest BCUT2D eigenvalue weighted by molar-refractivity contribution is 1.59. The Morgan fingerprint density at radius 3 is 0.773 bits per heavy atom. The molecule has 0 spiro atoms. The third-order valence-electron chi connectivity index (χ3n) is 8.70. The summed E-state index contributed by atoms with van der Waals surface area (Å²) >= 11 is 0. The van der Waals surface area contributed by atoms with Gasteiger partial charge in [0.1, 0.15) is 0 Å². The molecule has 0 fully saturated rings. The highest BCUT2D eigenvalue weighted by molar-refractivity contribution is 6.07. The molecule has 0 heterocycles. The Hall–Kier alpha value is -5.72. The van der Waals surface area contributed by atoms with Gasteiger partial charge in [-0.1, -0.05) is 182 Å². The fourth-order valence-electron chi connectivity index (χ4n) is 6.56. The minimum Gasteiger partial charge on any atom is -0.0622 e. The van der Waals surface area contributed by atoms with Crippen LogP contribution in [0.2, 0.25) is 0 Å². The summed E-state index contributed by atoms with van der Waals surface area (Å²) in [6.07, 6.45) is 0. The van der Waals surface area contributed by atoms with Crippen molar-refractivity contribution >= 4 is 21.5 Å². The maximum atomic E-state index is 2.26. The summed E-state index contributed by atoms with van der Waals surface area (Å²) in [6.45, 7) is 0. The van der Waals surface area contributed by atoms with Gasteiger partial charge in [0.2, 0.25) is 0 Å². The Labute approximate surface area is 258 Å². The highest BCUT2D eigenvalue weighted by Crippen LogP contribution is 2.39. The monoisotopic (exact) mass is 558 g/mol. The summed E-state index contributed by atoms with van der Waals surface area (Å²) in [5.41, 5.74) is 12.4. The van der Waals surface area contributed by atoms with Crippen molar-refractivity contribution in [2.75, 3.05) is 0 Å². The lowest BCUT2D eigenvalue weighted by Crippen LogP contribution is -1.88. The van der Waals surface area contributed by atoms with Crippen LogP contribution >= 0.6 is 0 Å². The fraction of sp³-hybridized carbons (Fsp3) is 0. The van der Waals surface area contributed by atoms with Gasteiger partial charge in [0.25, 0.3) is 0 Å². The van der Waals surface area contributed by atoms with Crippen LogP contribution in [0.5, 0.6) is 0 Å². The van der Waals surface area contributed by atoms with Gasteiger partial charge in [0, 0.05) is 0 Å². The third kappa shape index (κ3) is 4.68. The van der Waals surface area contributed by atoms with Gasteiger partial charge in [0.15, 0.2) is 0 Å². The van der Waals surface area contributed by atoms with Gasteiger partial charge in [-0.3, -0.25) is 0 Å². The first kappa shape index (κ1) is 25.9. The Kier molecular flexibility index (Phi) is 6.59. The first-order valence-corrected chi connectivity index (χ1v) is 15.2. The zero-order valence-electron chi connectivity index (χ0n) is 24.3. The summed E-state index contributed by atoms with van der Waals surface area (Å²) in [7, 11) is 0. The van der Waals surface area contributed by atoms with Crippen LogP contribution in [-0.4, -0.2) is 0 Å². The van der Waals surface area contributed by atoms with Crippen LogP contribution in [0.15, 0.2) is 182 Å². The Morgan fingerprint density at radius 2 is 0.455 bits per heavy atom. The van der Waals surface area contributed by atoms with E-state index in [1.807, 2.05) is 0 Å². The van der Waals surface area contributed by atoms with Gasteiger partial charge in [-0.25, -0.2) is 0 Å². The predicted molar refractivity (Wildman–Crippen MR) is 189 cm³/mol. The number of benzene rings is 8.